The van der Waals surface area contributed by atoms with Crippen LogP contribution < -0.4 is 5.43 Å². The minimum Gasteiger partial charge on any atom is -0.267 e. The van der Waals surface area contributed by atoms with Gasteiger partial charge in [-0.15, -0.1) is 5.10 Å². The van der Waals surface area contributed by atoms with Gasteiger partial charge in [0.25, 0.3) is 5.91 Å². The number of hydrogen-bond donors (Lipinski definition) is 1. The third-order valence-electron chi connectivity index (χ3n) is 3.34. The van der Waals surface area contributed by atoms with Gasteiger partial charge in [0.1, 0.15) is 6.33 Å². The number of carbonyl (C=O) groups is 1. The number of hydrazone groups is 1. The van der Waals surface area contributed by atoms with Gasteiger partial charge in [-0.05, 0) is 47.2 Å². The van der Waals surface area contributed by atoms with Gasteiger partial charge in [-0.25, -0.2) is 10.1 Å². The van der Waals surface area contributed by atoms with Crippen molar-refractivity contribution in [2.24, 2.45) is 5.10 Å². The van der Waals surface area contributed by atoms with Crippen LogP contribution in [0.5, 0.6) is 0 Å². The van der Waals surface area contributed by atoms with Crippen molar-refractivity contribution in [1.82, 2.24) is 25.6 Å². The average Bonchev–Trinajstić information content (AvgIpc) is 3.14. The van der Waals surface area contributed by atoms with E-state index < -0.39 is 0 Å². The first-order valence-electron chi connectivity index (χ1n) is 7.08. The molecule has 3 aromatic rings. The van der Waals surface area contributed by atoms with Crippen molar-refractivity contribution in [1.29, 1.82) is 0 Å². The minimum atomic E-state index is -0.356. The highest BCUT2D eigenvalue weighted by atomic mass is 35.5. The summed E-state index contributed by atoms with van der Waals surface area (Å²) in [6.07, 6.45) is 1.51. The number of aromatic nitrogens is 4. The van der Waals surface area contributed by atoms with Gasteiger partial charge >= 0.3 is 0 Å². The van der Waals surface area contributed by atoms with E-state index in [-0.39, 0.29) is 5.91 Å². The molecule has 0 unspecified atom stereocenters. The summed E-state index contributed by atoms with van der Waals surface area (Å²) in [7, 11) is 0. The summed E-state index contributed by atoms with van der Waals surface area (Å²) in [5, 5.41) is 15.5. The van der Waals surface area contributed by atoms with Gasteiger partial charge in [0.15, 0.2) is 0 Å². The molecule has 0 aliphatic heterocycles. The lowest BCUT2D eigenvalue weighted by molar-refractivity contribution is 0.0955. The van der Waals surface area contributed by atoms with Crippen molar-refractivity contribution in [3.63, 3.8) is 0 Å². The standard InChI is InChI=1S/C16H13ClN6O/c1-11(19-20-16(24)14-4-2-3-5-15(14)17)12-6-8-13(9-7-12)23-10-18-21-22-23/h2-10H,1H3,(H,20,24). The summed E-state index contributed by atoms with van der Waals surface area (Å²) in [4.78, 5) is 12.1. The van der Waals surface area contributed by atoms with Crippen LogP contribution >= 0.6 is 11.6 Å². The average molecular weight is 341 g/mol. The van der Waals surface area contributed by atoms with Crippen LogP contribution in [-0.4, -0.2) is 31.8 Å². The van der Waals surface area contributed by atoms with E-state index >= 15 is 0 Å². The summed E-state index contributed by atoms with van der Waals surface area (Å²) < 4.78 is 1.55. The zero-order valence-corrected chi connectivity index (χ0v) is 13.5. The summed E-state index contributed by atoms with van der Waals surface area (Å²) in [6, 6.07) is 14.3. The monoisotopic (exact) mass is 340 g/mol. The first-order chi connectivity index (χ1) is 11.6. The van der Waals surface area contributed by atoms with Crippen LogP contribution in [0.1, 0.15) is 22.8 Å². The van der Waals surface area contributed by atoms with Crippen LogP contribution in [0.2, 0.25) is 5.02 Å². The molecule has 0 atom stereocenters. The zero-order chi connectivity index (χ0) is 16.9. The number of tetrazole rings is 1. The number of benzene rings is 2. The smallest absolute Gasteiger partial charge is 0.267 e. The van der Waals surface area contributed by atoms with E-state index in [2.05, 4.69) is 26.1 Å². The predicted molar refractivity (Wildman–Crippen MR) is 90.3 cm³/mol. The van der Waals surface area contributed by atoms with E-state index in [1.54, 1.807) is 35.9 Å². The van der Waals surface area contributed by atoms with Crippen LogP contribution in [0.4, 0.5) is 0 Å². The number of halogens is 1. The molecule has 0 saturated carbocycles. The fraction of sp³-hybridized carbons (Fsp3) is 0.0625. The van der Waals surface area contributed by atoms with Crippen LogP contribution in [0.25, 0.3) is 5.69 Å². The Bertz CT molecular complexity index is 874. The molecule has 0 bridgehead atoms. The second-order valence-corrected chi connectivity index (χ2v) is 5.33. The van der Waals surface area contributed by atoms with Crippen molar-refractivity contribution < 1.29 is 4.79 Å². The second-order valence-electron chi connectivity index (χ2n) is 4.92. The molecule has 120 valence electrons. The Morgan fingerprint density at radius 1 is 1.17 bits per heavy atom. The Morgan fingerprint density at radius 2 is 1.92 bits per heavy atom. The quantitative estimate of drug-likeness (QED) is 0.584. The number of hydrogen-bond acceptors (Lipinski definition) is 5. The number of amides is 1. The molecule has 1 heterocycles. The Kier molecular flexibility index (Phi) is 4.62. The lowest BCUT2D eigenvalue weighted by Crippen LogP contribution is -2.19. The molecule has 2 aromatic carbocycles. The fourth-order valence-electron chi connectivity index (χ4n) is 2.04. The Labute approximate surface area is 143 Å². The molecule has 7 nitrogen and oxygen atoms in total. The van der Waals surface area contributed by atoms with E-state index in [0.717, 1.165) is 11.3 Å². The minimum absolute atomic E-state index is 0.356. The van der Waals surface area contributed by atoms with Gasteiger partial charge < -0.3 is 0 Å². The molecule has 0 aliphatic carbocycles. The van der Waals surface area contributed by atoms with E-state index in [0.29, 0.717) is 16.3 Å². The maximum absolute atomic E-state index is 12.1. The Morgan fingerprint density at radius 3 is 2.58 bits per heavy atom. The Balaban J connectivity index is 1.72. The van der Waals surface area contributed by atoms with E-state index in [1.165, 1.54) is 6.33 Å². The van der Waals surface area contributed by atoms with Crippen LogP contribution in [0.15, 0.2) is 60.0 Å². The molecule has 0 spiro atoms. The van der Waals surface area contributed by atoms with Crippen molar-refractivity contribution >= 4 is 23.2 Å². The van der Waals surface area contributed by atoms with Crippen LogP contribution in [-0.2, 0) is 0 Å². The predicted octanol–water partition coefficient (Wildman–Crippen LogP) is 2.47. The normalized spacial score (nSPS) is 11.3. The molecular formula is C16H13ClN6O. The lowest BCUT2D eigenvalue weighted by atomic mass is 10.1. The molecule has 0 aliphatic rings. The summed E-state index contributed by atoms with van der Waals surface area (Å²) in [6.45, 7) is 1.80. The van der Waals surface area contributed by atoms with Crippen LogP contribution in [0.3, 0.4) is 0 Å². The highest BCUT2D eigenvalue weighted by Crippen LogP contribution is 2.14. The van der Waals surface area contributed by atoms with Gasteiger partial charge in [-0.2, -0.15) is 5.10 Å². The SMILES string of the molecule is CC(=NNC(=O)c1ccccc1Cl)c1ccc(-n2cnnn2)cc1. The number of nitrogens with one attached hydrogen (secondary N) is 1. The lowest BCUT2D eigenvalue weighted by Gasteiger charge is -2.05. The third-order valence-corrected chi connectivity index (χ3v) is 3.67. The molecule has 1 amide bonds. The van der Waals surface area contributed by atoms with Crippen molar-refractivity contribution in [2.45, 2.75) is 6.92 Å². The summed E-state index contributed by atoms with van der Waals surface area (Å²) >= 11 is 5.99. The van der Waals surface area contributed by atoms with E-state index in [4.69, 9.17) is 11.6 Å². The van der Waals surface area contributed by atoms with Crippen molar-refractivity contribution in [3.8, 4) is 5.69 Å². The van der Waals surface area contributed by atoms with Gasteiger partial charge in [-0.1, -0.05) is 35.9 Å². The third kappa shape index (κ3) is 3.47. The molecule has 1 aromatic heterocycles. The summed E-state index contributed by atoms with van der Waals surface area (Å²) in [5.41, 5.74) is 5.25. The molecule has 1 N–H and O–H groups in total. The molecule has 0 saturated heterocycles. The molecule has 3 rings (SSSR count). The first kappa shape index (κ1) is 15.8. The number of nitrogens with zero attached hydrogens (tertiary/aromatic N) is 5. The zero-order valence-electron chi connectivity index (χ0n) is 12.7. The highest BCUT2D eigenvalue weighted by Gasteiger charge is 2.08. The topological polar surface area (TPSA) is 85.1 Å². The van der Waals surface area contributed by atoms with Crippen molar-refractivity contribution in [3.05, 3.63) is 71.0 Å². The maximum atomic E-state index is 12.1. The molecule has 0 radical (unpaired) electrons. The summed E-state index contributed by atoms with van der Waals surface area (Å²) in [5.74, 6) is -0.356. The number of carbonyl (C=O) groups excluding carboxylic acids is 1. The van der Waals surface area contributed by atoms with E-state index in [1.807, 2.05) is 24.3 Å². The van der Waals surface area contributed by atoms with Crippen LogP contribution in [0, 0.1) is 0 Å². The largest absolute Gasteiger partial charge is 0.272 e. The molecular weight excluding hydrogens is 328 g/mol. The number of rotatable bonds is 4. The van der Waals surface area contributed by atoms with Gasteiger partial charge in [0, 0.05) is 0 Å². The van der Waals surface area contributed by atoms with E-state index in [9.17, 15) is 4.79 Å². The van der Waals surface area contributed by atoms with Gasteiger partial charge in [-0.3, -0.25) is 4.79 Å². The fourth-order valence-corrected chi connectivity index (χ4v) is 2.26. The first-order valence-corrected chi connectivity index (χ1v) is 7.46. The molecule has 24 heavy (non-hydrogen) atoms. The van der Waals surface area contributed by atoms with Crippen molar-refractivity contribution in [2.75, 3.05) is 0 Å². The maximum Gasteiger partial charge on any atom is 0.272 e. The molecule has 0 fully saturated rings. The highest BCUT2D eigenvalue weighted by molar-refractivity contribution is 6.33. The van der Waals surface area contributed by atoms with Gasteiger partial charge in [0.05, 0.1) is 22.0 Å². The second kappa shape index (κ2) is 7.01. The molecule has 8 heteroatoms. The Hall–Kier alpha value is -3.06. The van der Waals surface area contributed by atoms with Gasteiger partial charge in [0.2, 0.25) is 0 Å².